The van der Waals surface area contributed by atoms with Crippen LogP contribution in [0, 0.1) is 0 Å². The average molecular weight is 319 g/mol. The lowest BCUT2D eigenvalue weighted by atomic mass is 9.81. The molecule has 1 aliphatic rings. The Balaban J connectivity index is 2.19. The summed E-state index contributed by atoms with van der Waals surface area (Å²) in [7, 11) is 0. The lowest BCUT2D eigenvalue weighted by molar-refractivity contribution is 0.275. The number of rotatable bonds is 8. The predicted octanol–water partition coefficient (Wildman–Crippen LogP) is 3.79. The number of aliphatic hydroxyl groups is 1. The molecule has 1 aromatic rings. The summed E-state index contributed by atoms with van der Waals surface area (Å²) >= 11 is 0. The molecule has 0 aromatic heterocycles. The average Bonchev–Trinajstić information content (AvgIpc) is 2.72. The van der Waals surface area contributed by atoms with Crippen LogP contribution in [0.4, 0.5) is 5.69 Å². The zero-order valence-corrected chi connectivity index (χ0v) is 15.6. The zero-order valence-electron chi connectivity index (χ0n) is 15.6. The summed E-state index contributed by atoms with van der Waals surface area (Å²) in [5.41, 5.74) is 3.91. The van der Waals surface area contributed by atoms with Crippen LogP contribution in [0.2, 0.25) is 0 Å². The summed E-state index contributed by atoms with van der Waals surface area (Å²) in [6.07, 6.45) is 2.43. The van der Waals surface area contributed by atoms with Gasteiger partial charge in [0.2, 0.25) is 0 Å². The van der Waals surface area contributed by atoms with E-state index in [0.717, 1.165) is 18.7 Å². The standard InChI is InChI=1S/C20H34N2O/c1-6-10-21(11-7-2)12-13-22-16(3)20(4,5)18-9-8-17(15-23)14-19(18)22/h8-9,14,16,23H,6-7,10-13,15H2,1-5H3/t16-/m1/s1. The highest BCUT2D eigenvalue weighted by Crippen LogP contribution is 2.45. The first kappa shape index (κ1) is 18.3. The van der Waals surface area contributed by atoms with Crippen molar-refractivity contribution in [3.8, 4) is 0 Å². The Labute approximate surface area is 142 Å². The number of anilines is 1. The molecule has 2 rings (SSSR count). The van der Waals surface area contributed by atoms with E-state index >= 15 is 0 Å². The van der Waals surface area contributed by atoms with E-state index in [1.807, 2.05) is 0 Å². The highest BCUT2D eigenvalue weighted by atomic mass is 16.3. The van der Waals surface area contributed by atoms with Crippen LogP contribution in [0.15, 0.2) is 18.2 Å². The molecule has 0 bridgehead atoms. The molecule has 0 fully saturated rings. The molecule has 0 radical (unpaired) electrons. The largest absolute Gasteiger partial charge is 0.392 e. The Morgan fingerprint density at radius 3 is 2.35 bits per heavy atom. The minimum absolute atomic E-state index is 0.119. The van der Waals surface area contributed by atoms with Crippen LogP contribution in [0.25, 0.3) is 0 Å². The Bertz CT molecular complexity index is 506. The summed E-state index contributed by atoms with van der Waals surface area (Å²) in [6, 6.07) is 6.95. The molecule has 0 amide bonds. The molecule has 1 aromatic carbocycles. The highest BCUT2D eigenvalue weighted by Gasteiger charge is 2.41. The van der Waals surface area contributed by atoms with Gasteiger partial charge in [0, 0.05) is 30.2 Å². The number of benzene rings is 1. The third kappa shape index (κ3) is 3.72. The van der Waals surface area contributed by atoms with Crippen LogP contribution in [0.3, 0.4) is 0 Å². The van der Waals surface area contributed by atoms with E-state index in [0.29, 0.717) is 6.04 Å². The molecular formula is C20H34N2O. The second-order valence-corrected chi connectivity index (χ2v) is 7.44. The van der Waals surface area contributed by atoms with Crippen LogP contribution in [-0.4, -0.2) is 42.2 Å². The summed E-state index contributed by atoms with van der Waals surface area (Å²) < 4.78 is 0. The maximum absolute atomic E-state index is 9.48. The molecule has 0 saturated carbocycles. The minimum Gasteiger partial charge on any atom is -0.392 e. The highest BCUT2D eigenvalue weighted by molar-refractivity contribution is 5.65. The lowest BCUT2D eigenvalue weighted by Gasteiger charge is -2.33. The molecule has 3 heteroatoms. The van der Waals surface area contributed by atoms with E-state index in [-0.39, 0.29) is 12.0 Å². The van der Waals surface area contributed by atoms with Crippen molar-refractivity contribution < 1.29 is 5.11 Å². The third-order valence-corrected chi connectivity index (χ3v) is 5.50. The molecule has 23 heavy (non-hydrogen) atoms. The van der Waals surface area contributed by atoms with Gasteiger partial charge in [-0.1, -0.05) is 39.8 Å². The minimum atomic E-state index is 0.119. The predicted molar refractivity (Wildman–Crippen MR) is 99.2 cm³/mol. The van der Waals surface area contributed by atoms with Gasteiger partial charge in [-0.2, -0.15) is 0 Å². The third-order valence-electron chi connectivity index (χ3n) is 5.50. The molecular weight excluding hydrogens is 284 g/mol. The van der Waals surface area contributed by atoms with Crippen molar-refractivity contribution >= 4 is 5.69 Å². The first-order valence-electron chi connectivity index (χ1n) is 9.18. The molecule has 130 valence electrons. The number of fused-ring (bicyclic) bond motifs is 1. The van der Waals surface area contributed by atoms with Crippen LogP contribution >= 0.6 is 0 Å². The Morgan fingerprint density at radius 2 is 1.78 bits per heavy atom. The number of aliphatic hydroxyl groups excluding tert-OH is 1. The van der Waals surface area contributed by atoms with Gasteiger partial charge in [-0.3, -0.25) is 0 Å². The molecule has 0 spiro atoms. The Hall–Kier alpha value is -1.06. The molecule has 1 atom stereocenters. The Kier molecular flexibility index (Phi) is 6.10. The van der Waals surface area contributed by atoms with Crippen LogP contribution < -0.4 is 4.90 Å². The quantitative estimate of drug-likeness (QED) is 0.790. The van der Waals surface area contributed by atoms with Gasteiger partial charge in [0.15, 0.2) is 0 Å². The van der Waals surface area contributed by atoms with Gasteiger partial charge in [0.1, 0.15) is 0 Å². The summed E-state index contributed by atoms with van der Waals surface area (Å²) in [5, 5.41) is 9.48. The van der Waals surface area contributed by atoms with Gasteiger partial charge < -0.3 is 14.9 Å². The van der Waals surface area contributed by atoms with E-state index in [1.165, 1.54) is 37.2 Å². The fraction of sp³-hybridized carbons (Fsp3) is 0.700. The van der Waals surface area contributed by atoms with Crippen molar-refractivity contribution in [2.24, 2.45) is 0 Å². The first-order chi connectivity index (χ1) is 11.0. The zero-order chi connectivity index (χ0) is 17.0. The van der Waals surface area contributed by atoms with Crippen molar-refractivity contribution in [3.05, 3.63) is 29.3 Å². The van der Waals surface area contributed by atoms with Crippen molar-refractivity contribution in [3.63, 3.8) is 0 Å². The van der Waals surface area contributed by atoms with Crippen molar-refractivity contribution in [1.29, 1.82) is 0 Å². The van der Waals surface area contributed by atoms with E-state index in [9.17, 15) is 5.11 Å². The fourth-order valence-electron chi connectivity index (χ4n) is 3.81. The molecule has 0 saturated heterocycles. The molecule has 1 heterocycles. The van der Waals surface area contributed by atoms with Gasteiger partial charge in [-0.25, -0.2) is 0 Å². The fourth-order valence-corrected chi connectivity index (χ4v) is 3.81. The summed E-state index contributed by atoms with van der Waals surface area (Å²) in [6.45, 7) is 16.2. The second kappa shape index (κ2) is 7.67. The van der Waals surface area contributed by atoms with Crippen LogP contribution in [-0.2, 0) is 12.0 Å². The van der Waals surface area contributed by atoms with Crippen molar-refractivity contribution in [1.82, 2.24) is 4.90 Å². The van der Waals surface area contributed by atoms with E-state index < -0.39 is 0 Å². The maximum Gasteiger partial charge on any atom is 0.0682 e. The smallest absolute Gasteiger partial charge is 0.0682 e. The normalized spacial score (nSPS) is 19.4. The van der Waals surface area contributed by atoms with Gasteiger partial charge in [0.25, 0.3) is 0 Å². The van der Waals surface area contributed by atoms with Gasteiger partial charge in [-0.15, -0.1) is 0 Å². The topological polar surface area (TPSA) is 26.7 Å². The first-order valence-corrected chi connectivity index (χ1v) is 9.18. The van der Waals surface area contributed by atoms with E-state index in [1.54, 1.807) is 0 Å². The van der Waals surface area contributed by atoms with Gasteiger partial charge in [-0.05, 0) is 50.0 Å². The molecule has 0 unspecified atom stereocenters. The van der Waals surface area contributed by atoms with Crippen molar-refractivity contribution in [2.75, 3.05) is 31.1 Å². The number of nitrogens with zero attached hydrogens (tertiary/aromatic N) is 2. The van der Waals surface area contributed by atoms with Crippen molar-refractivity contribution in [2.45, 2.75) is 65.5 Å². The SMILES string of the molecule is CCCN(CCC)CCN1c2cc(CO)ccc2C(C)(C)[C@H]1C. The van der Waals surface area contributed by atoms with Crippen LogP contribution in [0.5, 0.6) is 0 Å². The monoisotopic (exact) mass is 318 g/mol. The number of hydrogen-bond donors (Lipinski definition) is 1. The van der Waals surface area contributed by atoms with Gasteiger partial charge >= 0.3 is 0 Å². The molecule has 0 aliphatic carbocycles. The molecule has 3 nitrogen and oxygen atoms in total. The van der Waals surface area contributed by atoms with E-state index in [4.69, 9.17) is 0 Å². The van der Waals surface area contributed by atoms with E-state index in [2.05, 4.69) is 62.6 Å². The lowest BCUT2D eigenvalue weighted by Crippen LogP contribution is -2.43. The second-order valence-electron chi connectivity index (χ2n) is 7.44. The van der Waals surface area contributed by atoms with Crippen LogP contribution in [0.1, 0.15) is 58.6 Å². The molecule has 1 aliphatic heterocycles. The summed E-state index contributed by atoms with van der Waals surface area (Å²) in [4.78, 5) is 5.13. The summed E-state index contributed by atoms with van der Waals surface area (Å²) in [5.74, 6) is 0. The maximum atomic E-state index is 9.48. The number of hydrogen-bond acceptors (Lipinski definition) is 3. The van der Waals surface area contributed by atoms with Gasteiger partial charge in [0.05, 0.1) is 6.61 Å². The Morgan fingerprint density at radius 1 is 1.13 bits per heavy atom. The molecule has 1 N–H and O–H groups in total.